The van der Waals surface area contributed by atoms with E-state index in [1.54, 1.807) is 36.4 Å². The van der Waals surface area contributed by atoms with E-state index in [0.29, 0.717) is 15.9 Å². The lowest BCUT2D eigenvalue weighted by molar-refractivity contribution is 0.397. The van der Waals surface area contributed by atoms with E-state index in [4.69, 9.17) is 4.74 Å². The van der Waals surface area contributed by atoms with Gasteiger partial charge >= 0.3 is 0 Å². The Bertz CT molecular complexity index is 671. The second-order valence-electron chi connectivity index (χ2n) is 4.95. The molecule has 3 rings (SSSR count). The number of benzene rings is 2. The van der Waals surface area contributed by atoms with Crippen molar-refractivity contribution in [1.29, 1.82) is 0 Å². The number of rotatable bonds is 5. The third-order valence-corrected chi connectivity index (χ3v) is 5.23. The molecule has 0 aliphatic carbocycles. The molecule has 0 N–H and O–H groups in total. The fourth-order valence-corrected chi connectivity index (χ4v) is 3.42. The van der Waals surface area contributed by atoms with E-state index in [0.717, 1.165) is 25.0 Å². The molecule has 1 saturated heterocycles. The Morgan fingerprint density at radius 3 is 2.15 bits per heavy atom. The van der Waals surface area contributed by atoms with E-state index < -0.39 is 9.84 Å². The van der Waals surface area contributed by atoms with E-state index in [1.165, 1.54) is 0 Å². The molecule has 0 radical (unpaired) electrons. The normalized spacial score (nSPS) is 17.9. The number of sulfone groups is 1. The van der Waals surface area contributed by atoms with Crippen LogP contribution in [0.25, 0.3) is 0 Å². The van der Waals surface area contributed by atoms with Crippen molar-refractivity contribution >= 4 is 9.84 Å². The molecule has 20 heavy (non-hydrogen) atoms. The van der Waals surface area contributed by atoms with E-state index >= 15 is 0 Å². The molecule has 1 aliphatic heterocycles. The summed E-state index contributed by atoms with van der Waals surface area (Å²) in [5.74, 6) is 0. The van der Waals surface area contributed by atoms with Crippen LogP contribution >= 0.6 is 0 Å². The molecule has 1 aliphatic rings. The summed E-state index contributed by atoms with van der Waals surface area (Å²) in [7, 11) is -3.40. The van der Waals surface area contributed by atoms with Crippen LogP contribution in [0.5, 0.6) is 0 Å². The molecular formula is C16H16O3S. The van der Waals surface area contributed by atoms with Crippen LogP contribution in [-0.2, 0) is 21.0 Å². The third kappa shape index (κ3) is 2.92. The van der Waals surface area contributed by atoms with Crippen molar-refractivity contribution < 1.29 is 13.2 Å². The highest BCUT2D eigenvalue weighted by molar-refractivity contribution is 7.91. The first-order valence-corrected chi connectivity index (χ1v) is 8.15. The molecule has 1 atom stereocenters. The number of epoxide rings is 1. The first-order valence-electron chi connectivity index (χ1n) is 6.67. The summed E-state index contributed by atoms with van der Waals surface area (Å²) in [5.41, 5.74) is 1.15. The van der Waals surface area contributed by atoms with Crippen molar-refractivity contribution in [2.45, 2.75) is 28.7 Å². The molecule has 0 spiro atoms. The fourth-order valence-electron chi connectivity index (χ4n) is 2.13. The van der Waals surface area contributed by atoms with E-state index in [2.05, 4.69) is 0 Å². The van der Waals surface area contributed by atoms with Gasteiger partial charge in [-0.25, -0.2) is 8.42 Å². The van der Waals surface area contributed by atoms with Crippen molar-refractivity contribution in [2.75, 3.05) is 6.61 Å². The SMILES string of the molecule is O=S(=O)(c1ccccc1)c1ccc(CCC2CO2)cc1. The summed E-state index contributed by atoms with van der Waals surface area (Å²) >= 11 is 0. The van der Waals surface area contributed by atoms with Gasteiger partial charge in [0.05, 0.1) is 22.5 Å². The molecule has 0 bridgehead atoms. The Morgan fingerprint density at radius 2 is 1.55 bits per heavy atom. The first kappa shape index (κ1) is 13.3. The fraction of sp³-hybridized carbons (Fsp3) is 0.250. The second kappa shape index (κ2) is 5.38. The summed E-state index contributed by atoms with van der Waals surface area (Å²) in [5, 5.41) is 0. The maximum atomic E-state index is 12.4. The van der Waals surface area contributed by atoms with Gasteiger partial charge in [0.1, 0.15) is 0 Å². The Hall–Kier alpha value is -1.65. The van der Waals surface area contributed by atoms with Gasteiger partial charge in [-0.1, -0.05) is 30.3 Å². The zero-order chi connectivity index (χ0) is 14.0. The molecule has 2 aromatic carbocycles. The predicted molar refractivity (Wildman–Crippen MR) is 76.4 cm³/mol. The summed E-state index contributed by atoms with van der Waals surface area (Å²) in [4.78, 5) is 0.675. The molecule has 1 unspecified atom stereocenters. The van der Waals surface area contributed by atoms with Gasteiger partial charge in [-0.2, -0.15) is 0 Å². The third-order valence-electron chi connectivity index (χ3n) is 3.44. The van der Waals surface area contributed by atoms with Gasteiger partial charge in [-0.15, -0.1) is 0 Å². The van der Waals surface area contributed by atoms with Crippen LogP contribution in [0, 0.1) is 0 Å². The van der Waals surface area contributed by atoms with Crippen molar-refractivity contribution in [2.24, 2.45) is 0 Å². The van der Waals surface area contributed by atoms with Crippen molar-refractivity contribution in [3.63, 3.8) is 0 Å². The second-order valence-corrected chi connectivity index (χ2v) is 6.90. The highest BCUT2D eigenvalue weighted by atomic mass is 32.2. The monoisotopic (exact) mass is 288 g/mol. The first-order chi connectivity index (χ1) is 9.66. The maximum absolute atomic E-state index is 12.4. The van der Waals surface area contributed by atoms with Crippen molar-refractivity contribution in [3.8, 4) is 0 Å². The van der Waals surface area contributed by atoms with Crippen LogP contribution in [0.1, 0.15) is 12.0 Å². The van der Waals surface area contributed by atoms with Crippen LogP contribution in [0.2, 0.25) is 0 Å². The Balaban J connectivity index is 1.79. The minimum absolute atomic E-state index is 0.333. The standard InChI is InChI=1S/C16H16O3S/c17-20(18,15-4-2-1-3-5-15)16-10-7-13(8-11-16)6-9-14-12-19-14/h1-5,7-8,10-11,14H,6,9,12H2. The van der Waals surface area contributed by atoms with E-state index in [1.807, 2.05) is 18.2 Å². The molecule has 0 aromatic heterocycles. The van der Waals surface area contributed by atoms with Gasteiger partial charge in [0.15, 0.2) is 0 Å². The van der Waals surface area contributed by atoms with Crippen LogP contribution in [0.15, 0.2) is 64.4 Å². The van der Waals surface area contributed by atoms with Crippen LogP contribution in [-0.4, -0.2) is 21.1 Å². The van der Waals surface area contributed by atoms with Crippen molar-refractivity contribution in [1.82, 2.24) is 0 Å². The van der Waals surface area contributed by atoms with Gasteiger partial charge < -0.3 is 4.74 Å². The molecule has 2 aromatic rings. The minimum Gasteiger partial charge on any atom is -0.373 e. The molecule has 1 heterocycles. The highest BCUT2D eigenvalue weighted by Crippen LogP contribution is 2.22. The smallest absolute Gasteiger partial charge is 0.206 e. The van der Waals surface area contributed by atoms with Gasteiger partial charge in [0.25, 0.3) is 0 Å². The molecular weight excluding hydrogens is 272 g/mol. The van der Waals surface area contributed by atoms with Gasteiger partial charge in [-0.3, -0.25) is 0 Å². The zero-order valence-corrected chi connectivity index (χ0v) is 11.8. The Labute approximate surface area is 119 Å². The highest BCUT2D eigenvalue weighted by Gasteiger charge is 2.22. The van der Waals surface area contributed by atoms with Crippen LogP contribution in [0.3, 0.4) is 0 Å². The molecule has 104 valence electrons. The summed E-state index contributed by atoms with van der Waals surface area (Å²) in [6.07, 6.45) is 2.34. The van der Waals surface area contributed by atoms with Crippen LogP contribution in [0.4, 0.5) is 0 Å². The lowest BCUT2D eigenvalue weighted by Crippen LogP contribution is -2.02. The maximum Gasteiger partial charge on any atom is 0.206 e. The summed E-state index contributed by atoms with van der Waals surface area (Å²) in [6.45, 7) is 0.862. The molecule has 0 amide bonds. The topological polar surface area (TPSA) is 46.7 Å². The van der Waals surface area contributed by atoms with Crippen molar-refractivity contribution in [3.05, 3.63) is 60.2 Å². The Morgan fingerprint density at radius 1 is 0.950 bits per heavy atom. The van der Waals surface area contributed by atoms with Gasteiger partial charge in [0.2, 0.25) is 9.84 Å². The number of ether oxygens (including phenoxy) is 1. The average Bonchev–Trinajstić information content (AvgIpc) is 3.31. The average molecular weight is 288 g/mol. The summed E-state index contributed by atoms with van der Waals surface area (Å²) in [6, 6.07) is 15.7. The zero-order valence-electron chi connectivity index (χ0n) is 11.0. The molecule has 4 heteroatoms. The van der Waals surface area contributed by atoms with Gasteiger partial charge in [0, 0.05) is 0 Å². The number of aryl methyl sites for hydroxylation is 1. The lowest BCUT2D eigenvalue weighted by atomic mass is 10.1. The number of hydrogen-bond acceptors (Lipinski definition) is 3. The summed E-state index contributed by atoms with van der Waals surface area (Å²) < 4.78 is 30.0. The quantitative estimate of drug-likeness (QED) is 0.795. The van der Waals surface area contributed by atoms with Crippen LogP contribution < -0.4 is 0 Å². The molecule has 0 saturated carbocycles. The minimum atomic E-state index is -3.40. The van der Waals surface area contributed by atoms with E-state index in [9.17, 15) is 8.42 Å². The molecule has 3 nitrogen and oxygen atoms in total. The number of hydrogen-bond donors (Lipinski definition) is 0. The van der Waals surface area contributed by atoms with Gasteiger partial charge in [-0.05, 0) is 42.7 Å². The lowest BCUT2D eigenvalue weighted by Gasteiger charge is -2.06. The Kier molecular flexibility index (Phi) is 3.59. The largest absolute Gasteiger partial charge is 0.373 e. The van der Waals surface area contributed by atoms with E-state index in [-0.39, 0.29) is 0 Å². The predicted octanol–water partition coefficient (Wildman–Crippen LogP) is 2.85. The molecule has 1 fully saturated rings.